The summed E-state index contributed by atoms with van der Waals surface area (Å²) in [6.07, 6.45) is 6.10. The molecule has 0 aromatic heterocycles. The number of rotatable bonds is 9. The predicted molar refractivity (Wildman–Crippen MR) is 106 cm³/mol. The van der Waals surface area contributed by atoms with Gasteiger partial charge < -0.3 is 0 Å². The van der Waals surface area contributed by atoms with Crippen molar-refractivity contribution in [2.45, 2.75) is 37.5 Å². The van der Waals surface area contributed by atoms with Gasteiger partial charge in [0.2, 0.25) is 0 Å². The Hall–Kier alpha value is -1.14. The minimum absolute atomic E-state index is 0.658. The van der Waals surface area contributed by atoms with Gasteiger partial charge in [0.15, 0.2) is 0 Å². The van der Waals surface area contributed by atoms with Crippen LogP contribution < -0.4 is 3.61 Å². The van der Waals surface area contributed by atoms with Gasteiger partial charge in [-0.2, -0.15) is 0 Å². The fraction of sp³-hybridized carbons (Fsp3) is 0.238. The zero-order valence-electron chi connectivity index (χ0n) is 14.1. The summed E-state index contributed by atoms with van der Waals surface area (Å²) in [5, 5.41) is 0. The fourth-order valence-corrected chi connectivity index (χ4v) is 7.99. The summed E-state index contributed by atoms with van der Waals surface area (Å²) in [4.78, 5) is 0.909. The molecule has 0 saturated heterocycles. The third kappa shape index (κ3) is 5.74. The van der Waals surface area contributed by atoms with Crippen LogP contribution in [0.25, 0.3) is 0 Å². The van der Waals surface area contributed by atoms with E-state index in [0.717, 1.165) is 30.6 Å². The van der Waals surface area contributed by atoms with Crippen LogP contribution in [0.5, 0.6) is 0 Å². The molecule has 1 nitrogen and oxygen atoms in total. The Kier molecular flexibility index (Phi) is 8.53. The number of hydrogen-bond acceptors (Lipinski definition) is 1. The number of unbranched alkanes of at least 4 members (excludes halogenated alkanes) is 1. The van der Waals surface area contributed by atoms with Gasteiger partial charge in [-0.15, -0.1) is 0 Å². The van der Waals surface area contributed by atoms with Gasteiger partial charge in [0.05, 0.1) is 0 Å². The molecule has 0 aliphatic heterocycles. The molecule has 0 bridgehead atoms. The summed E-state index contributed by atoms with van der Waals surface area (Å²) in [6, 6.07) is 20.4. The van der Waals surface area contributed by atoms with E-state index in [1.165, 1.54) is 12.1 Å². The Morgan fingerprint density at radius 3 is 2.29 bits per heavy atom. The second-order valence-electron chi connectivity index (χ2n) is 5.48. The molecule has 0 amide bonds. The van der Waals surface area contributed by atoms with Gasteiger partial charge in [0, 0.05) is 0 Å². The van der Waals surface area contributed by atoms with E-state index >= 15 is 0 Å². The molecule has 0 fully saturated rings. The molecule has 0 aliphatic rings. The van der Waals surface area contributed by atoms with Crippen molar-refractivity contribution in [3.8, 4) is 0 Å². The van der Waals surface area contributed by atoms with Crippen molar-refractivity contribution >= 4 is 35.3 Å². The van der Waals surface area contributed by atoms with Crippen molar-refractivity contribution in [2.24, 2.45) is 0 Å². The zero-order valence-corrected chi connectivity index (χ0v) is 17.3. The average Bonchev–Trinajstić information content (AvgIpc) is 2.64. The van der Waals surface area contributed by atoms with Crippen LogP contribution in [0.3, 0.4) is 0 Å². The topological polar surface area (TPSA) is 17.1 Å². The monoisotopic (exact) mass is 454 g/mol. The molecule has 3 heteroatoms. The minimum atomic E-state index is -1.07. The standard InChI is InChI=1S/C21H24OSTe/c1-3-5-13-18(12-4-2)21(24-20-16-10-7-11-17-20)23(22)19-14-8-6-9-15-19/h4,6-11,14-17H,2-3,5,12-13H2,1H3/b21-18+. The van der Waals surface area contributed by atoms with Gasteiger partial charge in [-0.05, 0) is 0 Å². The molecule has 24 heavy (non-hydrogen) atoms. The third-order valence-electron chi connectivity index (χ3n) is 3.59. The van der Waals surface area contributed by atoms with E-state index in [-0.39, 0.29) is 0 Å². The average molecular weight is 452 g/mol. The molecule has 0 radical (unpaired) electrons. The quantitative estimate of drug-likeness (QED) is 0.395. The Morgan fingerprint density at radius 2 is 1.71 bits per heavy atom. The van der Waals surface area contributed by atoms with Gasteiger partial charge >= 0.3 is 159 Å². The predicted octanol–water partition coefficient (Wildman–Crippen LogP) is 4.80. The summed E-state index contributed by atoms with van der Waals surface area (Å²) in [5.74, 6) is 0. The molecule has 126 valence electrons. The second kappa shape index (κ2) is 10.7. The first-order valence-electron chi connectivity index (χ1n) is 8.29. The first-order valence-corrected chi connectivity index (χ1v) is 11.8. The van der Waals surface area contributed by atoms with Crippen LogP contribution in [0.1, 0.15) is 32.6 Å². The third-order valence-corrected chi connectivity index (χ3v) is 9.57. The second-order valence-corrected chi connectivity index (χ2v) is 10.8. The Morgan fingerprint density at radius 1 is 1.08 bits per heavy atom. The maximum absolute atomic E-state index is 13.3. The summed E-state index contributed by atoms with van der Waals surface area (Å²) in [7, 11) is -1.07. The summed E-state index contributed by atoms with van der Waals surface area (Å²) in [5.41, 5.74) is 1.33. The van der Waals surface area contributed by atoms with E-state index in [2.05, 4.69) is 37.8 Å². The molecular weight excluding hydrogens is 428 g/mol. The molecule has 0 N–H and O–H groups in total. The molecule has 0 heterocycles. The van der Waals surface area contributed by atoms with Crippen LogP contribution in [0.4, 0.5) is 0 Å². The first-order chi connectivity index (χ1) is 11.8. The van der Waals surface area contributed by atoms with Gasteiger partial charge in [-0.25, -0.2) is 0 Å². The molecule has 2 aromatic rings. The van der Waals surface area contributed by atoms with E-state index in [1.807, 2.05) is 42.5 Å². The van der Waals surface area contributed by atoms with Crippen LogP contribution in [0, 0.1) is 0 Å². The Balaban J connectivity index is 2.42. The summed E-state index contributed by atoms with van der Waals surface area (Å²) >= 11 is -0.658. The van der Waals surface area contributed by atoms with Crippen molar-refractivity contribution in [1.82, 2.24) is 0 Å². The van der Waals surface area contributed by atoms with Gasteiger partial charge in [0.1, 0.15) is 0 Å². The van der Waals surface area contributed by atoms with E-state index in [4.69, 9.17) is 0 Å². The van der Waals surface area contributed by atoms with Crippen molar-refractivity contribution in [1.29, 1.82) is 0 Å². The summed E-state index contributed by atoms with van der Waals surface area (Å²) in [6.45, 7) is 6.11. The van der Waals surface area contributed by atoms with Gasteiger partial charge in [-0.1, -0.05) is 0 Å². The molecule has 2 rings (SSSR count). The molecule has 2 aromatic carbocycles. The van der Waals surface area contributed by atoms with Crippen molar-refractivity contribution in [2.75, 3.05) is 0 Å². The SMILES string of the molecule is C=CC/C(CCCC)=C(\[Te]c1ccccc1)S(=O)c1ccccc1. The van der Waals surface area contributed by atoms with Crippen LogP contribution >= 0.6 is 0 Å². The zero-order chi connectivity index (χ0) is 17.2. The van der Waals surface area contributed by atoms with Crippen molar-refractivity contribution in [3.05, 3.63) is 81.8 Å². The Labute approximate surface area is 158 Å². The Bertz CT molecular complexity index is 692. The molecular formula is C21H24OSTe. The van der Waals surface area contributed by atoms with Crippen molar-refractivity contribution < 1.29 is 4.21 Å². The van der Waals surface area contributed by atoms with Crippen LogP contribution in [0.15, 0.2) is 86.7 Å². The number of benzene rings is 2. The normalized spacial score (nSPS) is 13.2. The van der Waals surface area contributed by atoms with Gasteiger partial charge in [-0.3, -0.25) is 0 Å². The van der Waals surface area contributed by atoms with Crippen molar-refractivity contribution in [3.63, 3.8) is 0 Å². The molecule has 1 atom stereocenters. The van der Waals surface area contributed by atoms with Crippen LogP contribution in [-0.2, 0) is 10.8 Å². The van der Waals surface area contributed by atoms with Crippen LogP contribution in [-0.4, -0.2) is 25.1 Å². The van der Waals surface area contributed by atoms with Gasteiger partial charge in [0.25, 0.3) is 0 Å². The first kappa shape index (κ1) is 19.2. The van der Waals surface area contributed by atoms with E-state index in [1.54, 1.807) is 0 Å². The van der Waals surface area contributed by atoms with E-state index in [9.17, 15) is 4.21 Å². The van der Waals surface area contributed by atoms with Crippen LogP contribution in [0.2, 0.25) is 0 Å². The molecule has 0 aliphatic carbocycles. The molecule has 0 saturated carbocycles. The van der Waals surface area contributed by atoms with E-state index in [0.29, 0.717) is 0 Å². The fourth-order valence-electron chi connectivity index (χ4n) is 2.34. The summed E-state index contributed by atoms with van der Waals surface area (Å²) < 4.78 is 15.8. The maximum atomic E-state index is 13.3. The molecule has 0 spiro atoms. The number of hydrogen-bond donors (Lipinski definition) is 0. The number of allylic oxidation sites excluding steroid dienone is 2. The van der Waals surface area contributed by atoms with E-state index < -0.39 is 31.7 Å². The molecule has 1 unspecified atom stereocenters.